The van der Waals surface area contributed by atoms with E-state index in [-0.39, 0.29) is 49.8 Å². The third-order valence-corrected chi connectivity index (χ3v) is 18.3. The van der Waals surface area contributed by atoms with E-state index in [1.165, 1.54) is 0 Å². The molecule has 470 valence electrons. The van der Waals surface area contributed by atoms with Gasteiger partial charge in [0.15, 0.2) is 0 Å². The predicted molar refractivity (Wildman–Crippen MR) is 346 cm³/mol. The third-order valence-electron chi connectivity index (χ3n) is 11.2. The van der Waals surface area contributed by atoms with Crippen LogP contribution in [0.15, 0.2) is 0 Å². The van der Waals surface area contributed by atoms with Gasteiger partial charge in [-0.15, -0.1) is 0 Å². The van der Waals surface area contributed by atoms with E-state index >= 15 is 0 Å². The molecule has 0 rings (SSSR count). The molecule has 0 radical (unpaired) electrons. The molecule has 18 heteroatoms. The summed E-state index contributed by atoms with van der Waals surface area (Å²) in [5, 5.41) is 3.54. The maximum Gasteiger partial charge on any atom is 0.115 e. The number of hydrogen-bond acceptors (Lipinski definition) is 18. The minimum absolute atomic E-state index is 0.208. The summed E-state index contributed by atoms with van der Waals surface area (Å²) in [5.41, 5.74) is 0. The fourth-order valence-electron chi connectivity index (χ4n) is 7.46. The standard InChI is InChI=1S/C60H122O12S6/c1-45(2)73-31-19-25-61-37-51(13)67-43-57(69-53(15)39-63-27-21-33-75-47(5)6)59(71-55(17)41-65-29-23-35-77-49(9)10)60(72-56(18)42-66-30-24-36-78-50(11)12)58(70-54(16)40-64-28-22-34-76-48(7)8)44-68-52(14)38-62-26-20-32-74-46(3)4/h45-60H,19-44H2,1-18H3. The predicted octanol–water partition coefficient (Wildman–Crippen LogP) is 14.2. The summed E-state index contributed by atoms with van der Waals surface area (Å²) in [6.07, 6.45) is 1.50. The van der Waals surface area contributed by atoms with Crippen LogP contribution in [0.1, 0.15) is 163 Å². The van der Waals surface area contributed by atoms with Gasteiger partial charge in [0.05, 0.1) is 89.5 Å². The zero-order valence-electron chi connectivity index (χ0n) is 53.0. The van der Waals surface area contributed by atoms with Crippen LogP contribution in [0.2, 0.25) is 0 Å². The molecular weight excluding hydrogens is 1110 g/mol. The molecule has 0 aromatic heterocycles. The average molecular weight is 1230 g/mol. The van der Waals surface area contributed by atoms with Gasteiger partial charge in [0.2, 0.25) is 0 Å². The molecule has 0 heterocycles. The summed E-state index contributed by atoms with van der Waals surface area (Å²) in [6.45, 7) is 46.2. The fourth-order valence-corrected chi connectivity index (χ4v) is 12.0. The monoisotopic (exact) mass is 1230 g/mol. The van der Waals surface area contributed by atoms with Crippen LogP contribution < -0.4 is 0 Å². The first-order valence-corrected chi connectivity index (χ1v) is 36.5. The topological polar surface area (TPSA) is 111 Å². The minimum Gasteiger partial charge on any atom is -0.379 e. The van der Waals surface area contributed by atoms with Gasteiger partial charge in [0.25, 0.3) is 0 Å². The van der Waals surface area contributed by atoms with Gasteiger partial charge in [0, 0.05) is 39.6 Å². The smallest absolute Gasteiger partial charge is 0.115 e. The average Bonchev–Trinajstić information content (AvgIpc) is 3.36. The van der Waals surface area contributed by atoms with Gasteiger partial charge >= 0.3 is 0 Å². The van der Waals surface area contributed by atoms with Crippen molar-refractivity contribution < 1.29 is 56.8 Å². The molecule has 0 aromatic carbocycles. The molecule has 0 aromatic rings. The highest BCUT2D eigenvalue weighted by Gasteiger charge is 2.42. The molecule has 0 spiro atoms. The summed E-state index contributed by atoms with van der Waals surface area (Å²) >= 11 is 11.7. The Hall–Kier alpha value is 1.62. The van der Waals surface area contributed by atoms with Crippen LogP contribution in [0, 0.1) is 0 Å². The molecule has 0 N–H and O–H groups in total. The van der Waals surface area contributed by atoms with Crippen molar-refractivity contribution in [3.8, 4) is 0 Å². The molecule has 0 aliphatic rings. The first-order chi connectivity index (χ1) is 37.2. The van der Waals surface area contributed by atoms with Crippen molar-refractivity contribution in [1.82, 2.24) is 0 Å². The first-order valence-electron chi connectivity index (χ1n) is 30.2. The third kappa shape index (κ3) is 52.0. The summed E-state index contributed by atoms with van der Waals surface area (Å²) < 4.78 is 80.1. The lowest BCUT2D eigenvalue weighted by Crippen LogP contribution is -2.56. The normalized spacial score (nSPS) is 16.5. The van der Waals surface area contributed by atoms with Gasteiger partial charge in [-0.25, -0.2) is 0 Å². The van der Waals surface area contributed by atoms with Gasteiger partial charge in [-0.2, -0.15) is 70.6 Å². The van der Waals surface area contributed by atoms with Crippen molar-refractivity contribution in [3.63, 3.8) is 0 Å². The quantitative estimate of drug-likeness (QED) is 0.0538. The molecular formula is C60H122O12S6. The summed E-state index contributed by atoms with van der Waals surface area (Å²) in [5.74, 6) is 6.33. The summed E-state index contributed by atoms with van der Waals surface area (Å²) in [6, 6.07) is 0. The Morgan fingerprint density at radius 2 is 0.423 bits per heavy atom. The fraction of sp³-hybridized carbons (Fsp3) is 1.00. The molecule has 78 heavy (non-hydrogen) atoms. The highest BCUT2D eigenvalue weighted by Crippen LogP contribution is 2.26. The van der Waals surface area contributed by atoms with Crippen LogP contribution in [0.5, 0.6) is 0 Å². The number of hydrogen-bond donors (Lipinski definition) is 0. The van der Waals surface area contributed by atoms with E-state index in [0.717, 1.165) is 73.0 Å². The molecule has 10 unspecified atom stereocenters. The lowest BCUT2D eigenvalue weighted by Gasteiger charge is -2.41. The molecule has 0 amide bonds. The molecule has 12 nitrogen and oxygen atoms in total. The number of thioether (sulfide) groups is 6. The van der Waals surface area contributed by atoms with E-state index in [4.69, 9.17) is 56.8 Å². The Morgan fingerprint density at radius 1 is 0.231 bits per heavy atom. The van der Waals surface area contributed by atoms with Gasteiger partial charge in [0.1, 0.15) is 24.4 Å². The van der Waals surface area contributed by atoms with E-state index in [9.17, 15) is 0 Å². The number of rotatable bonds is 59. The lowest BCUT2D eigenvalue weighted by molar-refractivity contribution is -0.243. The summed E-state index contributed by atoms with van der Waals surface area (Å²) in [7, 11) is 0. The second-order valence-electron chi connectivity index (χ2n) is 22.2. The Balaban J connectivity index is 7.37. The van der Waals surface area contributed by atoms with Crippen LogP contribution in [0.25, 0.3) is 0 Å². The second-order valence-corrected chi connectivity index (χ2v) is 32.3. The van der Waals surface area contributed by atoms with Crippen molar-refractivity contribution >= 4 is 70.6 Å². The Bertz CT molecular complexity index is 1170. The Labute approximate surface area is 506 Å². The van der Waals surface area contributed by atoms with Crippen molar-refractivity contribution in [2.24, 2.45) is 0 Å². The van der Waals surface area contributed by atoms with Crippen LogP contribution >= 0.6 is 70.6 Å². The summed E-state index contributed by atoms with van der Waals surface area (Å²) in [4.78, 5) is 0. The highest BCUT2D eigenvalue weighted by atomic mass is 32.2. The maximum absolute atomic E-state index is 7.31. The molecule has 0 fully saturated rings. The van der Waals surface area contributed by atoms with E-state index in [2.05, 4.69) is 125 Å². The van der Waals surface area contributed by atoms with Gasteiger partial charge in [-0.1, -0.05) is 83.1 Å². The zero-order valence-corrected chi connectivity index (χ0v) is 57.9. The Morgan fingerprint density at radius 3 is 0.628 bits per heavy atom. The molecule has 0 saturated heterocycles. The molecule has 0 aliphatic carbocycles. The van der Waals surface area contributed by atoms with Crippen LogP contribution in [0.4, 0.5) is 0 Å². The van der Waals surface area contributed by atoms with Gasteiger partial charge < -0.3 is 56.8 Å². The molecule has 0 bridgehead atoms. The van der Waals surface area contributed by atoms with Crippen molar-refractivity contribution in [1.29, 1.82) is 0 Å². The van der Waals surface area contributed by atoms with E-state index < -0.39 is 24.4 Å². The SMILES string of the molecule is CC(COCCCSC(C)C)OCC(OC(C)COCCCSC(C)C)C(OC(C)COCCCSC(C)C)C(OC(C)COCCCSC(C)C)C(COC(C)COCCCSC(C)C)OC(C)COCCCSC(C)C. The first kappa shape index (κ1) is 79.6. The van der Waals surface area contributed by atoms with Crippen LogP contribution in [-0.4, -0.2) is 220 Å². The van der Waals surface area contributed by atoms with Crippen molar-refractivity contribution in [3.05, 3.63) is 0 Å². The zero-order chi connectivity index (χ0) is 58.4. The molecule has 10 atom stereocenters. The van der Waals surface area contributed by atoms with E-state index in [0.29, 0.717) is 111 Å². The Kier molecular flexibility index (Phi) is 55.2. The minimum atomic E-state index is -0.712. The van der Waals surface area contributed by atoms with Crippen LogP contribution in [-0.2, 0) is 56.8 Å². The second kappa shape index (κ2) is 54.0. The van der Waals surface area contributed by atoms with Gasteiger partial charge in [-0.05, 0) is 146 Å². The molecule has 0 aliphatic heterocycles. The largest absolute Gasteiger partial charge is 0.379 e. The van der Waals surface area contributed by atoms with Crippen molar-refractivity contribution in [2.75, 3.05) is 127 Å². The van der Waals surface area contributed by atoms with Gasteiger partial charge in [-0.3, -0.25) is 0 Å². The molecule has 0 saturated carbocycles. The van der Waals surface area contributed by atoms with E-state index in [1.54, 1.807) is 0 Å². The highest BCUT2D eigenvalue weighted by molar-refractivity contribution is 8.00. The maximum atomic E-state index is 7.31. The van der Waals surface area contributed by atoms with E-state index in [1.807, 2.05) is 70.6 Å². The van der Waals surface area contributed by atoms with Crippen molar-refractivity contribution in [2.45, 2.75) is 256 Å². The number of ether oxygens (including phenoxy) is 12. The lowest BCUT2D eigenvalue weighted by atomic mass is 10.0. The van der Waals surface area contributed by atoms with Crippen LogP contribution in [0.3, 0.4) is 0 Å².